The molecular formula is C28H37N7O4S. The van der Waals surface area contributed by atoms with Crippen LogP contribution in [0, 0.1) is 11.8 Å². The minimum Gasteiger partial charge on any atom is -0.416 e. The molecule has 5 heterocycles. The summed E-state index contributed by atoms with van der Waals surface area (Å²) in [5.41, 5.74) is 9.00. The largest absolute Gasteiger partial charge is 0.416 e. The number of carbonyl (C=O) groups is 1. The van der Waals surface area contributed by atoms with Crippen LogP contribution in [0.3, 0.4) is 0 Å². The Labute approximate surface area is 235 Å². The van der Waals surface area contributed by atoms with E-state index in [4.69, 9.17) is 10.2 Å². The Balaban J connectivity index is 1.36. The molecule has 1 aliphatic carbocycles. The average molecular weight is 568 g/mol. The van der Waals surface area contributed by atoms with Crippen molar-refractivity contribution < 1.29 is 17.6 Å². The van der Waals surface area contributed by atoms with Crippen LogP contribution < -0.4 is 15.4 Å². The number of hydrogen-bond donors (Lipinski definition) is 2. The van der Waals surface area contributed by atoms with E-state index < -0.39 is 10.0 Å². The van der Waals surface area contributed by atoms with Gasteiger partial charge in [-0.25, -0.2) is 8.42 Å². The molecule has 0 spiro atoms. The lowest BCUT2D eigenvalue weighted by Crippen LogP contribution is -2.46. The van der Waals surface area contributed by atoms with E-state index in [0.29, 0.717) is 54.8 Å². The van der Waals surface area contributed by atoms with Crippen LogP contribution in [0.1, 0.15) is 44.4 Å². The molecule has 5 aliphatic rings. The molecule has 3 N–H and O–H groups in total. The number of nitrogens with zero attached hydrogens (tertiary/aromatic N) is 5. The van der Waals surface area contributed by atoms with Crippen LogP contribution >= 0.6 is 0 Å². The number of nitrogens with two attached hydrogens (primary N) is 1. The van der Waals surface area contributed by atoms with E-state index in [0.717, 1.165) is 56.6 Å². The van der Waals surface area contributed by atoms with Gasteiger partial charge in [-0.3, -0.25) is 9.52 Å². The SMILES string of the molecule is C=C1/C=C(\N)N2CCCC(C2)C(=O)N(C)CC2CCN(CC2)c2cc(NS(=O)(=O)C3CC3)ccc2-c2nnc1o2. The van der Waals surface area contributed by atoms with Crippen molar-refractivity contribution >= 4 is 32.9 Å². The number of sulfonamides is 1. The Hall–Kier alpha value is -3.54. The van der Waals surface area contributed by atoms with Crippen molar-refractivity contribution in [1.29, 1.82) is 0 Å². The highest BCUT2D eigenvalue weighted by molar-refractivity contribution is 7.93. The van der Waals surface area contributed by atoms with Crippen molar-refractivity contribution in [3.8, 4) is 11.5 Å². The molecule has 214 valence electrons. The number of amides is 1. The Kier molecular flexibility index (Phi) is 6.97. The predicted octanol–water partition coefficient (Wildman–Crippen LogP) is 2.85. The minimum absolute atomic E-state index is 0.0994. The second kappa shape index (κ2) is 10.5. The maximum atomic E-state index is 13.4. The fraction of sp³-hybridized carbons (Fsp3) is 0.536. The van der Waals surface area contributed by atoms with Gasteiger partial charge in [0.05, 0.1) is 33.9 Å². The number of anilines is 2. The third-order valence-electron chi connectivity index (χ3n) is 8.47. The Morgan fingerprint density at radius 2 is 1.77 bits per heavy atom. The van der Waals surface area contributed by atoms with Crippen molar-refractivity contribution in [3.63, 3.8) is 0 Å². The average Bonchev–Trinajstić information content (AvgIpc) is 3.71. The van der Waals surface area contributed by atoms with Crippen LogP contribution in [0.5, 0.6) is 0 Å². The monoisotopic (exact) mass is 567 g/mol. The van der Waals surface area contributed by atoms with Gasteiger partial charge >= 0.3 is 0 Å². The highest BCUT2D eigenvalue weighted by Gasteiger charge is 2.36. The molecule has 2 saturated heterocycles. The van der Waals surface area contributed by atoms with E-state index in [1.54, 1.807) is 12.1 Å². The van der Waals surface area contributed by atoms with E-state index in [1.807, 2.05) is 29.0 Å². The molecule has 1 saturated carbocycles. The number of nitrogens with one attached hydrogen (secondary N) is 1. The van der Waals surface area contributed by atoms with Crippen molar-refractivity contribution in [2.45, 2.75) is 43.8 Å². The molecule has 0 radical (unpaired) electrons. The molecule has 4 aliphatic heterocycles. The van der Waals surface area contributed by atoms with Crippen LogP contribution in [0.2, 0.25) is 0 Å². The summed E-state index contributed by atoms with van der Waals surface area (Å²) in [5.74, 6) is 1.56. The van der Waals surface area contributed by atoms with Gasteiger partial charge in [-0.2, -0.15) is 0 Å². The lowest BCUT2D eigenvalue weighted by Gasteiger charge is -2.38. The molecule has 1 unspecified atom stereocenters. The number of aromatic nitrogens is 2. The van der Waals surface area contributed by atoms with Gasteiger partial charge in [-0.05, 0) is 68.7 Å². The third-order valence-corrected chi connectivity index (χ3v) is 10.3. The molecule has 40 heavy (non-hydrogen) atoms. The van der Waals surface area contributed by atoms with Crippen LogP contribution in [-0.2, 0) is 14.8 Å². The van der Waals surface area contributed by atoms with E-state index in [2.05, 4.69) is 26.4 Å². The van der Waals surface area contributed by atoms with E-state index in [-0.39, 0.29) is 23.0 Å². The summed E-state index contributed by atoms with van der Waals surface area (Å²) in [6, 6.07) is 5.42. The van der Waals surface area contributed by atoms with E-state index >= 15 is 0 Å². The van der Waals surface area contributed by atoms with Gasteiger partial charge in [-0.1, -0.05) is 6.58 Å². The normalized spacial score (nSPS) is 25.6. The molecule has 1 aromatic heterocycles. The second-order valence-corrected chi connectivity index (χ2v) is 13.5. The van der Waals surface area contributed by atoms with Gasteiger partial charge in [0, 0.05) is 45.3 Å². The highest BCUT2D eigenvalue weighted by atomic mass is 32.2. The number of carbonyl (C=O) groups excluding carboxylic acids is 1. The summed E-state index contributed by atoms with van der Waals surface area (Å²) < 4.78 is 34.1. The lowest BCUT2D eigenvalue weighted by atomic mass is 9.93. The number of hydrogen-bond acceptors (Lipinski definition) is 9. The third kappa shape index (κ3) is 5.41. The topological polar surface area (TPSA) is 138 Å². The van der Waals surface area contributed by atoms with Crippen molar-refractivity contribution in [3.05, 3.63) is 42.6 Å². The van der Waals surface area contributed by atoms with Gasteiger partial charge in [0.1, 0.15) is 0 Å². The van der Waals surface area contributed by atoms with Gasteiger partial charge in [0.25, 0.3) is 0 Å². The van der Waals surface area contributed by atoms with Crippen LogP contribution in [0.25, 0.3) is 17.0 Å². The Morgan fingerprint density at radius 3 is 2.52 bits per heavy atom. The number of fused-ring (bicyclic) bond motifs is 5. The summed E-state index contributed by atoms with van der Waals surface area (Å²) in [4.78, 5) is 19.5. The summed E-state index contributed by atoms with van der Waals surface area (Å²) >= 11 is 0. The molecule has 1 amide bonds. The number of allylic oxidation sites excluding steroid dienone is 2. The summed E-state index contributed by atoms with van der Waals surface area (Å²) in [7, 11) is -1.50. The van der Waals surface area contributed by atoms with E-state index in [9.17, 15) is 13.2 Å². The zero-order chi connectivity index (χ0) is 28.0. The quantitative estimate of drug-likeness (QED) is 0.573. The maximum Gasteiger partial charge on any atom is 0.250 e. The van der Waals surface area contributed by atoms with Crippen LogP contribution in [0.4, 0.5) is 11.4 Å². The fourth-order valence-electron chi connectivity index (χ4n) is 6.02. The Bertz CT molecular complexity index is 1440. The van der Waals surface area contributed by atoms with Crippen molar-refractivity contribution in [2.75, 3.05) is 49.4 Å². The van der Waals surface area contributed by atoms with Crippen LogP contribution in [0.15, 0.2) is 41.1 Å². The molecule has 1 atom stereocenters. The number of benzene rings is 1. The predicted molar refractivity (Wildman–Crippen MR) is 153 cm³/mol. The number of piperidine rings is 2. The first-order chi connectivity index (χ1) is 19.2. The number of rotatable bonds is 3. The van der Waals surface area contributed by atoms with Crippen molar-refractivity contribution in [2.24, 2.45) is 17.6 Å². The Morgan fingerprint density at radius 1 is 1.02 bits per heavy atom. The summed E-state index contributed by atoms with van der Waals surface area (Å²) in [5, 5.41) is 8.24. The fourth-order valence-corrected chi connectivity index (χ4v) is 7.39. The molecule has 11 nitrogen and oxygen atoms in total. The summed E-state index contributed by atoms with van der Waals surface area (Å²) in [6.45, 7) is 7.70. The van der Waals surface area contributed by atoms with Gasteiger partial charge < -0.3 is 24.9 Å². The minimum atomic E-state index is -3.41. The highest BCUT2D eigenvalue weighted by Crippen LogP contribution is 2.37. The zero-order valence-corrected chi connectivity index (χ0v) is 23.7. The standard InChI is InChI=1S/C28H37N7O4S/c1-18-14-25(29)35-11-3-4-20(17-35)28(36)33(2)16-19-9-12-34(13-10-19)24-15-21(32-40(37,38)22-6-7-22)5-8-23(24)27-31-30-26(18)39-27/h5,8,14-15,19-20,22,32H,1,3-4,6-7,9-13,16-17,29H2,2H3/b25-14+. The maximum absolute atomic E-state index is 13.4. The lowest BCUT2D eigenvalue weighted by molar-refractivity contribution is -0.136. The molecule has 6 bridgehead atoms. The van der Waals surface area contributed by atoms with Gasteiger partial charge in [0.15, 0.2) is 0 Å². The van der Waals surface area contributed by atoms with Crippen molar-refractivity contribution in [1.82, 2.24) is 20.0 Å². The molecule has 3 fully saturated rings. The van der Waals surface area contributed by atoms with Gasteiger partial charge in [-0.15, -0.1) is 10.2 Å². The van der Waals surface area contributed by atoms with E-state index in [1.165, 1.54) is 0 Å². The molecule has 2 aromatic rings. The smallest absolute Gasteiger partial charge is 0.250 e. The second-order valence-electron chi connectivity index (χ2n) is 11.5. The van der Waals surface area contributed by atoms with Crippen LogP contribution in [-0.4, -0.2) is 79.3 Å². The molecule has 1 aromatic carbocycles. The first-order valence-corrected chi connectivity index (χ1v) is 15.6. The zero-order valence-electron chi connectivity index (χ0n) is 22.9. The first kappa shape index (κ1) is 26.7. The first-order valence-electron chi connectivity index (χ1n) is 14.1. The summed E-state index contributed by atoms with van der Waals surface area (Å²) in [6.07, 6.45) is 6.67. The molecule has 7 rings (SSSR count). The molecular weight excluding hydrogens is 530 g/mol. The van der Waals surface area contributed by atoms with Gasteiger partial charge in [0.2, 0.25) is 27.7 Å². The molecule has 12 heteroatoms.